The van der Waals surface area contributed by atoms with Gasteiger partial charge in [-0.1, -0.05) is 43.3 Å². The third kappa shape index (κ3) is 5.12. The zero-order chi connectivity index (χ0) is 19.2. The molecule has 142 valence electrons. The van der Waals surface area contributed by atoms with Crippen molar-refractivity contribution in [2.75, 3.05) is 6.61 Å². The van der Waals surface area contributed by atoms with E-state index in [1.54, 1.807) is 11.8 Å². The van der Waals surface area contributed by atoms with Crippen molar-refractivity contribution in [3.05, 3.63) is 70.9 Å². The molecule has 0 spiro atoms. The lowest BCUT2D eigenvalue weighted by atomic mass is 10.1. The number of aliphatic hydroxyl groups excluding tert-OH is 1. The second-order valence-electron chi connectivity index (χ2n) is 6.70. The second-order valence-corrected chi connectivity index (χ2v) is 8.20. The highest BCUT2D eigenvalue weighted by atomic mass is 35.5. The van der Waals surface area contributed by atoms with E-state index in [2.05, 4.69) is 29.5 Å². The van der Waals surface area contributed by atoms with E-state index in [1.807, 2.05) is 42.7 Å². The molecule has 2 heterocycles. The van der Waals surface area contributed by atoms with E-state index in [-0.39, 0.29) is 6.61 Å². The monoisotopic (exact) mass is 401 g/mol. The van der Waals surface area contributed by atoms with Gasteiger partial charge in [-0.3, -0.25) is 4.98 Å². The molecule has 0 fully saturated rings. The number of hydrogen-bond donors (Lipinski definition) is 1. The number of hydrogen-bond acceptors (Lipinski definition) is 4. The number of nitrogens with zero attached hydrogens (tertiary/aromatic N) is 3. The van der Waals surface area contributed by atoms with Crippen molar-refractivity contribution in [3.8, 4) is 0 Å². The number of rotatable bonds is 8. The molecule has 27 heavy (non-hydrogen) atoms. The van der Waals surface area contributed by atoms with Gasteiger partial charge in [0.25, 0.3) is 0 Å². The van der Waals surface area contributed by atoms with Crippen LogP contribution in [0.4, 0.5) is 0 Å². The molecule has 0 aliphatic heterocycles. The summed E-state index contributed by atoms with van der Waals surface area (Å²) in [5.74, 6) is 1.31. The third-order valence-corrected chi connectivity index (χ3v) is 5.58. The van der Waals surface area contributed by atoms with Crippen LogP contribution >= 0.6 is 23.4 Å². The van der Waals surface area contributed by atoms with Gasteiger partial charge in [0.05, 0.1) is 5.69 Å². The first-order valence-electron chi connectivity index (χ1n) is 9.11. The minimum atomic E-state index is 0.163. The summed E-state index contributed by atoms with van der Waals surface area (Å²) < 4.78 is 2.27. The van der Waals surface area contributed by atoms with E-state index in [1.165, 1.54) is 5.56 Å². The molecular weight excluding hydrogens is 378 g/mol. The lowest BCUT2D eigenvalue weighted by Crippen LogP contribution is -2.07. The zero-order valence-electron chi connectivity index (χ0n) is 15.6. The summed E-state index contributed by atoms with van der Waals surface area (Å²) in [5, 5.41) is 11.2. The summed E-state index contributed by atoms with van der Waals surface area (Å²) in [4.78, 5) is 10.2. The molecule has 0 radical (unpaired) electrons. The standard InChI is InChI=1S/C21H24ClN3OS/c1-15(2)20-21(27-18-6-3-5-17(22)13-18)25(19(24-20)7-4-12-26)14-16-8-10-23-11-9-16/h3,5-6,8-11,13,15,26H,4,7,12,14H2,1-2H3. The first-order valence-corrected chi connectivity index (χ1v) is 10.3. The Hall–Kier alpha value is -1.82. The summed E-state index contributed by atoms with van der Waals surface area (Å²) in [6, 6.07) is 12.0. The number of benzene rings is 1. The van der Waals surface area contributed by atoms with E-state index in [0.717, 1.165) is 39.4 Å². The van der Waals surface area contributed by atoms with Crippen LogP contribution in [0.5, 0.6) is 0 Å². The van der Waals surface area contributed by atoms with Gasteiger partial charge in [0, 0.05) is 41.9 Å². The van der Waals surface area contributed by atoms with Crippen molar-refractivity contribution in [3.63, 3.8) is 0 Å². The molecule has 0 aliphatic carbocycles. The quantitative estimate of drug-likeness (QED) is 0.565. The van der Waals surface area contributed by atoms with Gasteiger partial charge in [0.1, 0.15) is 10.9 Å². The van der Waals surface area contributed by atoms with Gasteiger partial charge in [-0.15, -0.1) is 0 Å². The smallest absolute Gasteiger partial charge is 0.110 e. The van der Waals surface area contributed by atoms with Crippen LogP contribution in [-0.4, -0.2) is 26.2 Å². The molecular formula is C21H24ClN3OS. The molecule has 0 unspecified atom stereocenters. The fourth-order valence-electron chi connectivity index (χ4n) is 2.89. The lowest BCUT2D eigenvalue weighted by Gasteiger charge is -2.13. The predicted octanol–water partition coefficient (Wildman–Crippen LogP) is 5.18. The summed E-state index contributed by atoms with van der Waals surface area (Å²) >= 11 is 7.88. The Morgan fingerprint density at radius 1 is 1.19 bits per heavy atom. The average molecular weight is 402 g/mol. The molecule has 4 nitrogen and oxygen atoms in total. The van der Waals surface area contributed by atoms with Crippen LogP contribution in [0.1, 0.15) is 43.3 Å². The number of aryl methyl sites for hydroxylation is 1. The summed E-state index contributed by atoms with van der Waals surface area (Å²) in [5.41, 5.74) is 2.26. The topological polar surface area (TPSA) is 50.9 Å². The molecule has 0 amide bonds. The van der Waals surface area contributed by atoms with Gasteiger partial charge in [-0.05, 0) is 48.2 Å². The zero-order valence-corrected chi connectivity index (χ0v) is 17.2. The first kappa shape index (κ1) is 19.9. The maximum Gasteiger partial charge on any atom is 0.110 e. The molecule has 0 saturated carbocycles. The van der Waals surface area contributed by atoms with E-state index in [9.17, 15) is 5.11 Å². The maximum atomic E-state index is 9.29. The van der Waals surface area contributed by atoms with Crippen molar-refractivity contribution < 1.29 is 5.11 Å². The third-order valence-electron chi connectivity index (χ3n) is 4.23. The molecule has 0 saturated heterocycles. The summed E-state index contributed by atoms with van der Waals surface area (Å²) in [6.45, 7) is 5.22. The van der Waals surface area contributed by atoms with E-state index >= 15 is 0 Å². The second kappa shape index (κ2) is 9.40. The first-order chi connectivity index (χ1) is 13.1. The largest absolute Gasteiger partial charge is 0.396 e. The van der Waals surface area contributed by atoms with Crippen molar-refractivity contribution in [2.24, 2.45) is 0 Å². The van der Waals surface area contributed by atoms with Crippen LogP contribution in [0.25, 0.3) is 0 Å². The number of imidazole rings is 1. The van der Waals surface area contributed by atoms with E-state index < -0.39 is 0 Å². The Bertz CT molecular complexity index is 880. The lowest BCUT2D eigenvalue weighted by molar-refractivity contribution is 0.287. The number of aliphatic hydroxyl groups is 1. The van der Waals surface area contributed by atoms with Crippen molar-refractivity contribution in [1.29, 1.82) is 0 Å². The number of halogens is 1. The van der Waals surface area contributed by atoms with Crippen LogP contribution in [-0.2, 0) is 13.0 Å². The highest BCUT2D eigenvalue weighted by Gasteiger charge is 2.20. The number of pyridine rings is 1. The van der Waals surface area contributed by atoms with Crippen LogP contribution in [0.3, 0.4) is 0 Å². The van der Waals surface area contributed by atoms with Crippen LogP contribution in [0.2, 0.25) is 5.02 Å². The van der Waals surface area contributed by atoms with Gasteiger partial charge in [-0.2, -0.15) is 0 Å². The van der Waals surface area contributed by atoms with E-state index in [0.29, 0.717) is 12.3 Å². The van der Waals surface area contributed by atoms with Gasteiger partial charge in [0.2, 0.25) is 0 Å². The molecule has 0 aliphatic rings. The van der Waals surface area contributed by atoms with Crippen molar-refractivity contribution in [1.82, 2.24) is 14.5 Å². The van der Waals surface area contributed by atoms with Gasteiger partial charge < -0.3 is 9.67 Å². The van der Waals surface area contributed by atoms with Crippen molar-refractivity contribution in [2.45, 2.75) is 49.1 Å². The minimum absolute atomic E-state index is 0.163. The summed E-state index contributed by atoms with van der Waals surface area (Å²) in [6.07, 6.45) is 5.07. The molecule has 0 bridgehead atoms. The molecule has 3 aromatic rings. The Balaban J connectivity index is 2.05. The molecule has 3 rings (SSSR count). The Morgan fingerprint density at radius 3 is 2.63 bits per heavy atom. The highest BCUT2D eigenvalue weighted by molar-refractivity contribution is 7.99. The molecule has 6 heteroatoms. The maximum absolute atomic E-state index is 9.29. The molecule has 1 aromatic carbocycles. The number of aromatic nitrogens is 3. The highest BCUT2D eigenvalue weighted by Crippen LogP contribution is 2.36. The van der Waals surface area contributed by atoms with Crippen molar-refractivity contribution >= 4 is 23.4 Å². The average Bonchev–Trinajstić information content (AvgIpc) is 2.98. The predicted molar refractivity (Wildman–Crippen MR) is 111 cm³/mol. The van der Waals surface area contributed by atoms with Gasteiger partial charge in [0.15, 0.2) is 0 Å². The Kier molecular flexibility index (Phi) is 6.94. The molecule has 0 atom stereocenters. The normalized spacial score (nSPS) is 11.3. The molecule has 1 N–H and O–H groups in total. The van der Waals surface area contributed by atoms with Crippen LogP contribution < -0.4 is 0 Å². The van der Waals surface area contributed by atoms with Gasteiger partial charge >= 0.3 is 0 Å². The minimum Gasteiger partial charge on any atom is -0.396 e. The van der Waals surface area contributed by atoms with E-state index in [4.69, 9.17) is 16.6 Å². The fraction of sp³-hybridized carbons (Fsp3) is 0.333. The Morgan fingerprint density at radius 2 is 1.96 bits per heavy atom. The summed E-state index contributed by atoms with van der Waals surface area (Å²) in [7, 11) is 0. The Labute approximate surface area is 169 Å². The fourth-order valence-corrected chi connectivity index (χ4v) is 4.37. The van der Waals surface area contributed by atoms with Crippen LogP contribution in [0.15, 0.2) is 58.7 Å². The SMILES string of the molecule is CC(C)c1nc(CCCO)n(Cc2ccncc2)c1Sc1cccc(Cl)c1. The molecule has 2 aromatic heterocycles. The van der Waals surface area contributed by atoms with Crippen LogP contribution in [0, 0.1) is 0 Å². The van der Waals surface area contributed by atoms with Gasteiger partial charge in [-0.25, -0.2) is 4.98 Å².